The van der Waals surface area contributed by atoms with Crippen LogP contribution in [0.4, 0.5) is 4.39 Å². The van der Waals surface area contributed by atoms with Gasteiger partial charge in [0.05, 0.1) is 4.47 Å². The lowest BCUT2D eigenvalue weighted by Gasteiger charge is -1.98. The van der Waals surface area contributed by atoms with Gasteiger partial charge in [-0.25, -0.2) is 4.39 Å². The second-order valence-electron chi connectivity index (χ2n) is 1.87. The third kappa shape index (κ3) is 1.52. The summed E-state index contributed by atoms with van der Waals surface area (Å²) in [6, 6.07) is 5.17. The molecule has 0 unspecified atom stereocenters. The lowest BCUT2D eigenvalue weighted by atomic mass is 10.2. The third-order valence-electron chi connectivity index (χ3n) is 1.20. The van der Waals surface area contributed by atoms with Crippen LogP contribution in [0.3, 0.4) is 0 Å². The minimum atomic E-state index is -0.211. The van der Waals surface area contributed by atoms with Crippen molar-refractivity contribution in [2.75, 3.05) is 0 Å². The number of hydrogen-bond acceptors (Lipinski definition) is 1. The van der Waals surface area contributed by atoms with E-state index in [9.17, 15) is 4.39 Å². The van der Waals surface area contributed by atoms with E-state index < -0.39 is 0 Å². The molecule has 0 spiro atoms. The summed E-state index contributed by atoms with van der Waals surface area (Å²) >= 11 is 7.04. The van der Waals surface area contributed by atoms with Crippen molar-refractivity contribution in [3.8, 4) is 0 Å². The molecule has 54 valence electrons. The zero-order valence-electron chi connectivity index (χ0n) is 5.14. The van der Waals surface area contributed by atoms with Gasteiger partial charge in [-0.15, -0.1) is 0 Å². The highest BCUT2D eigenvalue weighted by Crippen LogP contribution is 2.19. The Morgan fingerprint density at radius 2 is 2.20 bits per heavy atom. The number of halogens is 2. The van der Waals surface area contributed by atoms with Crippen molar-refractivity contribution < 1.29 is 4.39 Å². The lowest BCUT2D eigenvalue weighted by molar-refractivity contribution is 0.611. The van der Waals surface area contributed by atoms with Crippen LogP contribution in [0, 0.1) is 5.82 Å². The Morgan fingerprint density at radius 1 is 1.50 bits per heavy atom. The largest absolute Gasteiger partial charge is 0.205 e. The van der Waals surface area contributed by atoms with E-state index in [-0.39, 0.29) is 5.82 Å². The Bertz CT molecular complexity index is 237. The molecule has 0 bridgehead atoms. The van der Waals surface area contributed by atoms with Crippen molar-refractivity contribution in [2.24, 2.45) is 0 Å². The first-order chi connectivity index (χ1) is 4.75. The topological polar surface area (TPSA) is 0 Å². The lowest BCUT2D eigenvalue weighted by Crippen LogP contribution is -1.85. The summed E-state index contributed by atoms with van der Waals surface area (Å²) in [5, 5.41) is 0. The van der Waals surface area contributed by atoms with Crippen molar-refractivity contribution >= 4 is 28.6 Å². The van der Waals surface area contributed by atoms with Crippen molar-refractivity contribution in [2.45, 2.75) is 5.75 Å². The molecule has 0 saturated heterocycles. The molecule has 1 rings (SSSR count). The molecule has 0 aliphatic heterocycles. The number of benzene rings is 1. The van der Waals surface area contributed by atoms with Gasteiger partial charge in [-0.1, -0.05) is 12.1 Å². The van der Waals surface area contributed by atoms with Gasteiger partial charge in [-0.05, 0) is 27.6 Å². The fourth-order valence-electron chi connectivity index (χ4n) is 0.671. The van der Waals surface area contributed by atoms with E-state index in [0.29, 0.717) is 15.8 Å². The highest BCUT2D eigenvalue weighted by atomic mass is 79.9. The van der Waals surface area contributed by atoms with Crippen LogP contribution in [-0.2, 0) is 5.75 Å². The van der Waals surface area contributed by atoms with Gasteiger partial charge in [0.1, 0.15) is 5.82 Å². The molecule has 0 aliphatic rings. The molecule has 3 heteroatoms. The molecule has 0 nitrogen and oxygen atoms in total. The van der Waals surface area contributed by atoms with Gasteiger partial charge in [0, 0.05) is 5.75 Å². The summed E-state index contributed by atoms with van der Waals surface area (Å²) < 4.78 is 13.4. The van der Waals surface area contributed by atoms with Crippen LogP contribution in [0.5, 0.6) is 0 Å². The normalized spacial score (nSPS) is 9.90. The summed E-state index contributed by atoms with van der Waals surface area (Å²) in [5.41, 5.74) is 0.623. The van der Waals surface area contributed by atoms with Crippen LogP contribution in [-0.4, -0.2) is 0 Å². The fourth-order valence-corrected chi connectivity index (χ4v) is 1.32. The third-order valence-corrected chi connectivity index (χ3v) is 2.16. The molecule has 10 heavy (non-hydrogen) atoms. The van der Waals surface area contributed by atoms with Gasteiger partial charge < -0.3 is 0 Å². The molecule has 0 heterocycles. The first-order valence-corrected chi connectivity index (χ1v) is 4.22. The summed E-state index contributed by atoms with van der Waals surface area (Å²) in [5.74, 6) is 0.225. The van der Waals surface area contributed by atoms with Gasteiger partial charge >= 0.3 is 0 Å². The molecule has 0 saturated carbocycles. The minimum Gasteiger partial charge on any atom is -0.205 e. The Balaban J connectivity index is 3.14. The van der Waals surface area contributed by atoms with Crippen LogP contribution >= 0.6 is 28.6 Å². The maximum absolute atomic E-state index is 12.9. The zero-order chi connectivity index (χ0) is 7.56. The molecule has 0 amide bonds. The molecule has 0 atom stereocenters. The maximum Gasteiger partial charge on any atom is 0.141 e. The van der Waals surface area contributed by atoms with E-state index in [1.54, 1.807) is 18.2 Å². The smallest absolute Gasteiger partial charge is 0.141 e. The Kier molecular flexibility index (Phi) is 2.74. The summed E-state index contributed by atoms with van der Waals surface area (Å²) in [4.78, 5) is 0. The quantitative estimate of drug-likeness (QED) is 0.692. The van der Waals surface area contributed by atoms with E-state index in [2.05, 4.69) is 28.6 Å². The molecular weight excluding hydrogens is 215 g/mol. The van der Waals surface area contributed by atoms with Crippen molar-refractivity contribution in [1.82, 2.24) is 0 Å². The van der Waals surface area contributed by atoms with Gasteiger partial charge in [0.2, 0.25) is 0 Å². The molecule has 1 aromatic rings. The molecular formula is C7H6BrFS. The fraction of sp³-hybridized carbons (Fsp3) is 0.143. The molecule has 0 radical (unpaired) electrons. The van der Waals surface area contributed by atoms with E-state index in [0.717, 1.165) is 0 Å². The second kappa shape index (κ2) is 3.39. The summed E-state index contributed by atoms with van der Waals surface area (Å²) in [6.07, 6.45) is 0. The van der Waals surface area contributed by atoms with Gasteiger partial charge in [0.25, 0.3) is 0 Å². The Hall–Kier alpha value is -0.0200. The van der Waals surface area contributed by atoms with Crippen LogP contribution in [0.2, 0.25) is 0 Å². The predicted molar refractivity (Wildman–Crippen MR) is 46.8 cm³/mol. The van der Waals surface area contributed by atoms with E-state index in [4.69, 9.17) is 0 Å². The second-order valence-corrected chi connectivity index (χ2v) is 3.04. The highest BCUT2D eigenvalue weighted by molar-refractivity contribution is 9.10. The Morgan fingerprint density at radius 3 is 2.70 bits per heavy atom. The van der Waals surface area contributed by atoms with Crippen LogP contribution in [0.1, 0.15) is 5.56 Å². The molecule has 0 aromatic heterocycles. The zero-order valence-corrected chi connectivity index (χ0v) is 7.62. The number of thiol groups is 1. The van der Waals surface area contributed by atoms with Gasteiger partial charge in [0.15, 0.2) is 0 Å². The van der Waals surface area contributed by atoms with Crippen molar-refractivity contribution in [3.63, 3.8) is 0 Å². The average Bonchev–Trinajstić information content (AvgIpc) is 1.95. The maximum atomic E-state index is 12.9. The van der Waals surface area contributed by atoms with E-state index in [1.165, 1.54) is 0 Å². The summed E-state index contributed by atoms with van der Waals surface area (Å²) in [6.45, 7) is 0. The SMILES string of the molecule is Fc1c(Br)cccc1CS. The molecule has 0 N–H and O–H groups in total. The van der Waals surface area contributed by atoms with Crippen LogP contribution < -0.4 is 0 Å². The molecule has 0 fully saturated rings. The average molecular weight is 221 g/mol. The predicted octanol–water partition coefficient (Wildman–Crippen LogP) is 3.02. The van der Waals surface area contributed by atoms with Crippen molar-refractivity contribution in [1.29, 1.82) is 0 Å². The molecule has 0 aliphatic carbocycles. The highest BCUT2D eigenvalue weighted by Gasteiger charge is 2.02. The first-order valence-electron chi connectivity index (χ1n) is 2.79. The number of rotatable bonds is 1. The van der Waals surface area contributed by atoms with E-state index >= 15 is 0 Å². The van der Waals surface area contributed by atoms with Crippen LogP contribution in [0.25, 0.3) is 0 Å². The molecule has 1 aromatic carbocycles. The van der Waals surface area contributed by atoms with Gasteiger partial charge in [-0.3, -0.25) is 0 Å². The minimum absolute atomic E-state index is 0.211. The van der Waals surface area contributed by atoms with Crippen molar-refractivity contribution in [3.05, 3.63) is 34.1 Å². The van der Waals surface area contributed by atoms with Gasteiger partial charge in [-0.2, -0.15) is 12.6 Å². The Labute approximate surface area is 73.0 Å². The van der Waals surface area contributed by atoms with Crippen LogP contribution in [0.15, 0.2) is 22.7 Å². The summed E-state index contributed by atoms with van der Waals surface area (Å²) in [7, 11) is 0. The first kappa shape index (κ1) is 8.08. The standard InChI is InChI=1S/C7H6BrFS/c8-6-3-1-2-5(4-10)7(6)9/h1-3,10H,4H2. The van der Waals surface area contributed by atoms with E-state index in [1.807, 2.05) is 0 Å². The number of hydrogen-bond donors (Lipinski definition) is 1. The monoisotopic (exact) mass is 220 g/mol.